The van der Waals surface area contributed by atoms with E-state index in [0.717, 1.165) is 5.33 Å². The van der Waals surface area contributed by atoms with Gasteiger partial charge in [0.2, 0.25) is 5.91 Å². The number of carbonyl (C=O) groups excluding carboxylic acids is 1. The highest BCUT2D eigenvalue weighted by Crippen LogP contribution is 2.23. The van der Waals surface area contributed by atoms with Crippen molar-refractivity contribution >= 4 is 27.5 Å². The van der Waals surface area contributed by atoms with Gasteiger partial charge in [-0.2, -0.15) is 0 Å². The molecule has 1 atom stereocenters. The number of rotatable bonds is 2. The molecule has 4 nitrogen and oxygen atoms in total. The number of aromatic amines is 1. The molecule has 5 heteroatoms. The maximum atomic E-state index is 11.6. The Balaban J connectivity index is 2.29. The Morgan fingerprint density at radius 2 is 2.33 bits per heavy atom. The molecule has 1 fully saturated rings. The summed E-state index contributed by atoms with van der Waals surface area (Å²) < 4.78 is 0. The second-order valence-corrected chi connectivity index (χ2v) is 4.26. The van der Waals surface area contributed by atoms with Crippen molar-refractivity contribution < 1.29 is 4.79 Å². The molecule has 15 heavy (non-hydrogen) atoms. The fourth-order valence-electron chi connectivity index (χ4n) is 1.74. The van der Waals surface area contributed by atoms with Gasteiger partial charge < -0.3 is 9.88 Å². The molecule has 1 amide bonds. The lowest BCUT2D eigenvalue weighted by atomic mass is 10.2. The van der Waals surface area contributed by atoms with Crippen LogP contribution >= 0.6 is 15.9 Å². The van der Waals surface area contributed by atoms with Gasteiger partial charge in [-0.15, -0.1) is 0 Å². The maximum Gasteiger partial charge on any atom is 0.271 e. The molecule has 1 unspecified atom stereocenters. The summed E-state index contributed by atoms with van der Waals surface area (Å²) in [5.74, 6) is 0.327. The van der Waals surface area contributed by atoms with Crippen molar-refractivity contribution in [2.75, 3.05) is 16.8 Å². The van der Waals surface area contributed by atoms with Crippen LogP contribution in [0.25, 0.3) is 0 Å². The first-order valence-corrected chi connectivity index (χ1v) is 5.88. The minimum Gasteiger partial charge on any atom is -0.327 e. The number of amides is 1. The van der Waals surface area contributed by atoms with E-state index in [0.29, 0.717) is 24.6 Å². The van der Waals surface area contributed by atoms with E-state index in [-0.39, 0.29) is 11.5 Å². The summed E-state index contributed by atoms with van der Waals surface area (Å²) in [7, 11) is 0. The number of nitrogens with zero attached hydrogens (tertiary/aromatic N) is 1. The van der Waals surface area contributed by atoms with Crippen LogP contribution in [0.2, 0.25) is 0 Å². The fourth-order valence-corrected chi connectivity index (χ4v) is 2.18. The summed E-state index contributed by atoms with van der Waals surface area (Å²) in [4.78, 5) is 27.3. The van der Waals surface area contributed by atoms with Crippen LogP contribution in [0.1, 0.15) is 6.42 Å². The van der Waals surface area contributed by atoms with E-state index in [2.05, 4.69) is 20.9 Å². The lowest BCUT2D eigenvalue weighted by Crippen LogP contribution is -2.30. The minimum absolute atomic E-state index is 0.0242. The number of halogens is 1. The number of alkyl halides is 1. The average Bonchev–Trinajstić information content (AvgIpc) is 2.60. The number of hydrogen-bond donors (Lipinski definition) is 1. The molecule has 0 radical (unpaired) electrons. The predicted molar refractivity (Wildman–Crippen MR) is 61.3 cm³/mol. The smallest absolute Gasteiger partial charge is 0.271 e. The van der Waals surface area contributed by atoms with Crippen LogP contribution in [0.4, 0.5) is 5.69 Å². The molecule has 0 bridgehead atoms. The monoisotopic (exact) mass is 270 g/mol. The van der Waals surface area contributed by atoms with Crippen molar-refractivity contribution in [3.8, 4) is 0 Å². The Hall–Kier alpha value is -1.10. The number of nitrogens with one attached hydrogen (secondary N) is 1. The van der Waals surface area contributed by atoms with Crippen molar-refractivity contribution in [1.29, 1.82) is 0 Å². The van der Waals surface area contributed by atoms with Crippen molar-refractivity contribution in [3.63, 3.8) is 0 Å². The minimum atomic E-state index is -0.207. The van der Waals surface area contributed by atoms with Gasteiger partial charge in [-0.3, -0.25) is 9.59 Å². The van der Waals surface area contributed by atoms with Gasteiger partial charge in [0.1, 0.15) is 5.69 Å². The summed E-state index contributed by atoms with van der Waals surface area (Å²) in [5, 5.41) is 0.792. The molecule has 1 aromatic heterocycles. The first-order chi connectivity index (χ1) is 7.22. The van der Waals surface area contributed by atoms with Gasteiger partial charge in [0.15, 0.2) is 0 Å². The van der Waals surface area contributed by atoms with E-state index in [1.54, 1.807) is 23.2 Å². The number of pyridine rings is 1. The van der Waals surface area contributed by atoms with Gasteiger partial charge in [-0.25, -0.2) is 0 Å². The third-order valence-electron chi connectivity index (χ3n) is 2.51. The lowest BCUT2D eigenvalue weighted by molar-refractivity contribution is -0.117. The molecule has 1 saturated heterocycles. The van der Waals surface area contributed by atoms with E-state index in [1.807, 2.05) is 0 Å². The Bertz CT molecular complexity index is 429. The number of aromatic nitrogens is 1. The molecule has 0 spiro atoms. The van der Waals surface area contributed by atoms with Crippen molar-refractivity contribution in [2.24, 2.45) is 5.92 Å². The topological polar surface area (TPSA) is 53.2 Å². The van der Waals surface area contributed by atoms with Crippen LogP contribution in [0, 0.1) is 5.92 Å². The first kappa shape index (κ1) is 10.4. The van der Waals surface area contributed by atoms with E-state index in [1.165, 1.54) is 0 Å². The number of anilines is 1. The van der Waals surface area contributed by atoms with Gasteiger partial charge in [0.05, 0.1) is 0 Å². The predicted octanol–water partition coefficient (Wildman–Crippen LogP) is 1.12. The Kier molecular flexibility index (Phi) is 2.90. The number of hydrogen-bond acceptors (Lipinski definition) is 2. The molecule has 80 valence electrons. The first-order valence-electron chi connectivity index (χ1n) is 4.76. The second kappa shape index (κ2) is 4.18. The molecule has 1 aliphatic heterocycles. The van der Waals surface area contributed by atoms with Crippen molar-refractivity contribution in [3.05, 3.63) is 28.7 Å². The number of carbonyl (C=O) groups is 1. The molecule has 1 aromatic rings. The zero-order valence-corrected chi connectivity index (χ0v) is 9.66. The molecule has 2 rings (SSSR count). The SMILES string of the molecule is O=C1CC(CBr)CN1c1ccc[nH]c1=O. The zero-order valence-electron chi connectivity index (χ0n) is 8.07. The largest absolute Gasteiger partial charge is 0.327 e. The van der Waals surface area contributed by atoms with Crippen LogP contribution in [0.15, 0.2) is 23.1 Å². The van der Waals surface area contributed by atoms with Gasteiger partial charge in [0.25, 0.3) is 5.56 Å². The van der Waals surface area contributed by atoms with Crippen molar-refractivity contribution in [1.82, 2.24) is 4.98 Å². The zero-order chi connectivity index (χ0) is 10.8. The summed E-state index contributed by atoms with van der Waals surface area (Å²) >= 11 is 3.36. The molecular weight excluding hydrogens is 260 g/mol. The van der Waals surface area contributed by atoms with Gasteiger partial charge in [0, 0.05) is 24.5 Å². The molecule has 0 aromatic carbocycles. The van der Waals surface area contributed by atoms with E-state index in [4.69, 9.17) is 0 Å². The third-order valence-corrected chi connectivity index (χ3v) is 3.43. The normalized spacial score (nSPS) is 21.0. The molecule has 1 N–H and O–H groups in total. The van der Waals surface area contributed by atoms with Crippen molar-refractivity contribution in [2.45, 2.75) is 6.42 Å². The Morgan fingerprint density at radius 1 is 1.53 bits per heavy atom. The maximum absolute atomic E-state index is 11.6. The third kappa shape index (κ3) is 1.97. The van der Waals surface area contributed by atoms with Crippen LogP contribution in [0.3, 0.4) is 0 Å². The summed E-state index contributed by atoms with van der Waals surface area (Å²) in [6.07, 6.45) is 2.08. The summed E-state index contributed by atoms with van der Waals surface area (Å²) in [6.45, 7) is 0.622. The van der Waals surface area contributed by atoms with Gasteiger partial charge >= 0.3 is 0 Å². The Morgan fingerprint density at radius 3 is 2.93 bits per heavy atom. The lowest BCUT2D eigenvalue weighted by Gasteiger charge is -2.14. The van der Waals surface area contributed by atoms with E-state index < -0.39 is 0 Å². The highest BCUT2D eigenvalue weighted by Gasteiger charge is 2.30. The molecule has 2 heterocycles. The Labute approximate surface area is 95.4 Å². The molecule has 0 saturated carbocycles. The van der Waals surface area contributed by atoms with Gasteiger partial charge in [-0.1, -0.05) is 15.9 Å². The van der Waals surface area contributed by atoms with E-state index in [9.17, 15) is 9.59 Å². The van der Waals surface area contributed by atoms with Crippen LogP contribution in [0.5, 0.6) is 0 Å². The standard InChI is InChI=1S/C10H11BrN2O2/c11-5-7-4-9(14)13(6-7)8-2-1-3-12-10(8)15/h1-3,7H,4-6H2,(H,12,15). The summed E-state index contributed by atoms with van der Waals surface area (Å²) in [5.41, 5.74) is 0.243. The second-order valence-electron chi connectivity index (χ2n) is 3.61. The quantitative estimate of drug-likeness (QED) is 0.819. The van der Waals surface area contributed by atoms with Crippen LogP contribution in [-0.4, -0.2) is 22.8 Å². The molecule has 0 aliphatic carbocycles. The van der Waals surface area contributed by atoms with Crippen LogP contribution < -0.4 is 10.5 Å². The average molecular weight is 271 g/mol. The fraction of sp³-hybridized carbons (Fsp3) is 0.400. The number of H-pyrrole nitrogens is 1. The highest BCUT2D eigenvalue weighted by molar-refractivity contribution is 9.09. The van der Waals surface area contributed by atoms with Crippen LogP contribution in [-0.2, 0) is 4.79 Å². The molecular formula is C10H11BrN2O2. The molecule has 1 aliphatic rings. The van der Waals surface area contributed by atoms with E-state index >= 15 is 0 Å². The van der Waals surface area contributed by atoms with Gasteiger partial charge in [-0.05, 0) is 18.1 Å². The highest BCUT2D eigenvalue weighted by atomic mass is 79.9. The summed E-state index contributed by atoms with van der Waals surface area (Å²) in [6, 6.07) is 3.40.